The highest BCUT2D eigenvalue weighted by atomic mass is 15.2. The number of hydrogen-bond acceptors (Lipinski definition) is 2. The number of nitrogens with two attached hydrogens (primary N) is 1. The summed E-state index contributed by atoms with van der Waals surface area (Å²) in [7, 11) is 0. The summed E-state index contributed by atoms with van der Waals surface area (Å²) in [5, 5.41) is 7.86. The van der Waals surface area contributed by atoms with Gasteiger partial charge in [0.05, 0.1) is 0 Å². The van der Waals surface area contributed by atoms with Crippen LogP contribution in [-0.2, 0) is 0 Å². The highest BCUT2D eigenvalue weighted by molar-refractivity contribution is 6.01. The number of hydrogen-bond donors (Lipinski definition) is 3. The third kappa shape index (κ3) is 2.76. The predicted molar refractivity (Wildman–Crippen MR) is 80.7 cm³/mol. The Bertz CT molecular complexity index is 543. The van der Waals surface area contributed by atoms with Crippen molar-refractivity contribution in [3.63, 3.8) is 0 Å². The van der Waals surface area contributed by atoms with Crippen molar-refractivity contribution in [3.05, 3.63) is 53.6 Å². The molecule has 0 saturated carbocycles. The first kappa shape index (κ1) is 13.6. The van der Waals surface area contributed by atoms with Gasteiger partial charge in [0.15, 0.2) is 0 Å². The molecule has 1 aliphatic rings. The Balaban J connectivity index is 2.35. The molecule has 3 heteroatoms. The average molecular weight is 255 g/mol. The number of nitrogens with one attached hydrogen (secondary N) is 2. The van der Waals surface area contributed by atoms with E-state index in [0.29, 0.717) is 0 Å². The maximum atomic E-state index is 7.86. The Kier molecular flexibility index (Phi) is 3.86. The van der Waals surface area contributed by atoms with Gasteiger partial charge in [-0.05, 0) is 29.4 Å². The molecule has 0 bridgehead atoms. The first-order valence-electron chi connectivity index (χ1n) is 6.64. The minimum absolute atomic E-state index is 0.244. The highest BCUT2D eigenvalue weighted by Gasteiger charge is 2.21. The van der Waals surface area contributed by atoms with Crippen LogP contribution in [0.3, 0.4) is 0 Å². The van der Waals surface area contributed by atoms with Gasteiger partial charge in [-0.15, -0.1) is 0 Å². The molecule has 2 rings (SSSR count). The Morgan fingerprint density at radius 2 is 2.16 bits per heavy atom. The van der Waals surface area contributed by atoms with Crippen LogP contribution in [0.1, 0.15) is 37.8 Å². The molecule has 1 aliphatic carbocycles. The molecule has 3 nitrogen and oxygen atoms in total. The fourth-order valence-corrected chi connectivity index (χ4v) is 2.26. The SMILES string of the molecule is CCC1(C)C=CC(c2ccccc2C(=N)NN)=CC1. The van der Waals surface area contributed by atoms with E-state index in [1.807, 2.05) is 24.3 Å². The lowest BCUT2D eigenvalue weighted by Crippen LogP contribution is -2.30. The standard InChI is InChI=1S/C16H21N3/c1-3-16(2)10-8-12(9-11-16)13-6-4-5-7-14(13)15(17)19-18/h4-10H,3,11,18H2,1-2H3,(H2,17,19). The first-order valence-corrected chi connectivity index (χ1v) is 6.64. The molecule has 0 saturated heterocycles. The van der Waals surface area contributed by atoms with E-state index >= 15 is 0 Å². The van der Waals surface area contributed by atoms with Crippen LogP contribution in [0.4, 0.5) is 0 Å². The van der Waals surface area contributed by atoms with Gasteiger partial charge in [-0.1, -0.05) is 56.3 Å². The van der Waals surface area contributed by atoms with Crippen molar-refractivity contribution in [1.29, 1.82) is 5.41 Å². The molecule has 1 atom stereocenters. The maximum Gasteiger partial charge on any atom is 0.140 e. The van der Waals surface area contributed by atoms with E-state index in [-0.39, 0.29) is 11.3 Å². The molecular formula is C16H21N3. The molecule has 1 unspecified atom stereocenters. The first-order chi connectivity index (χ1) is 9.09. The molecule has 100 valence electrons. The van der Waals surface area contributed by atoms with Crippen LogP contribution in [-0.4, -0.2) is 5.84 Å². The minimum Gasteiger partial charge on any atom is -0.308 e. The van der Waals surface area contributed by atoms with Crippen LogP contribution in [0.15, 0.2) is 42.5 Å². The van der Waals surface area contributed by atoms with Crippen molar-refractivity contribution in [2.45, 2.75) is 26.7 Å². The van der Waals surface area contributed by atoms with Gasteiger partial charge >= 0.3 is 0 Å². The van der Waals surface area contributed by atoms with Gasteiger partial charge < -0.3 is 5.43 Å². The summed E-state index contributed by atoms with van der Waals surface area (Å²) in [4.78, 5) is 0. The number of benzene rings is 1. The fourth-order valence-electron chi connectivity index (χ4n) is 2.26. The van der Waals surface area contributed by atoms with Crippen LogP contribution >= 0.6 is 0 Å². The van der Waals surface area contributed by atoms with Crippen LogP contribution in [0.5, 0.6) is 0 Å². The average Bonchev–Trinajstić information content (AvgIpc) is 2.47. The molecule has 0 spiro atoms. The van der Waals surface area contributed by atoms with Gasteiger partial charge in [-0.3, -0.25) is 5.41 Å². The maximum absolute atomic E-state index is 7.86. The molecule has 0 amide bonds. The Labute approximate surface area is 114 Å². The minimum atomic E-state index is 0.244. The third-order valence-corrected chi connectivity index (χ3v) is 3.91. The van der Waals surface area contributed by atoms with Gasteiger partial charge in [0.1, 0.15) is 5.84 Å². The summed E-state index contributed by atoms with van der Waals surface area (Å²) < 4.78 is 0. The van der Waals surface area contributed by atoms with Crippen molar-refractivity contribution in [1.82, 2.24) is 5.43 Å². The van der Waals surface area contributed by atoms with Gasteiger partial charge in [-0.25, -0.2) is 5.84 Å². The Morgan fingerprint density at radius 1 is 1.42 bits per heavy atom. The van der Waals surface area contributed by atoms with E-state index in [0.717, 1.165) is 24.0 Å². The second-order valence-electron chi connectivity index (χ2n) is 5.27. The number of allylic oxidation sites excluding steroid dienone is 4. The third-order valence-electron chi connectivity index (χ3n) is 3.91. The van der Waals surface area contributed by atoms with Crippen molar-refractivity contribution < 1.29 is 0 Å². The van der Waals surface area contributed by atoms with E-state index in [2.05, 4.69) is 37.5 Å². The molecular weight excluding hydrogens is 234 g/mol. The van der Waals surface area contributed by atoms with E-state index in [4.69, 9.17) is 11.3 Å². The zero-order valence-corrected chi connectivity index (χ0v) is 11.5. The van der Waals surface area contributed by atoms with E-state index in [9.17, 15) is 0 Å². The van der Waals surface area contributed by atoms with Crippen LogP contribution in [0.2, 0.25) is 0 Å². The number of amidine groups is 1. The second-order valence-corrected chi connectivity index (χ2v) is 5.27. The van der Waals surface area contributed by atoms with Gasteiger partial charge in [0.2, 0.25) is 0 Å². The predicted octanol–water partition coefficient (Wildman–Crippen LogP) is 3.23. The normalized spacial score (nSPS) is 21.9. The summed E-state index contributed by atoms with van der Waals surface area (Å²) in [6, 6.07) is 7.87. The molecule has 0 aliphatic heterocycles. The molecule has 0 radical (unpaired) electrons. The van der Waals surface area contributed by atoms with Crippen LogP contribution < -0.4 is 11.3 Å². The van der Waals surface area contributed by atoms with Crippen molar-refractivity contribution in [2.24, 2.45) is 11.3 Å². The second kappa shape index (κ2) is 5.41. The van der Waals surface area contributed by atoms with Gasteiger partial charge in [0, 0.05) is 5.56 Å². The molecule has 0 fully saturated rings. The molecule has 0 heterocycles. The largest absolute Gasteiger partial charge is 0.308 e. The van der Waals surface area contributed by atoms with Gasteiger partial charge in [0.25, 0.3) is 0 Å². The van der Waals surface area contributed by atoms with E-state index in [1.54, 1.807) is 0 Å². The molecule has 1 aromatic carbocycles. The van der Waals surface area contributed by atoms with Crippen molar-refractivity contribution in [2.75, 3.05) is 0 Å². The summed E-state index contributed by atoms with van der Waals surface area (Å²) in [5.41, 5.74) is 5.74. The molecule has 0 aromatic heterocycles. The lowest BCUT2D eigenvalue weighted by Gasteiger charge is -2.27. The van der Waals surface area contributed by atoms with Crippen molar-refractivity contribution >= 4 is 11.4 Å². The quantitative estimate of drug-likeness (QED) is 0.336. The fraction of sp³-hybridized carbons (Fsp3) is 0.312. The van der Waals surface area contributed by atoms with E-state index in [1.165, 1.54) is 5.57 Å². The highest BCUT2D eigenvalue weighted by Crippen LogP contribution is 2.35. The summed E-state index contributed by atoms with van der Waals surface area (Å²) in [6.07, 6.45) is 8.86. The van der Waals surface area contributed by atoms with E-state index < -0.39 is 0 Å². The van der Waals surface area contributed by atoms with Gasteiger partial charge in [-0.2, -0.15) is 0 Å². The number of hydrazine groups is 1. The monoisotopic (exact) mass is 255 g/mol. The molecule has 1 aromatic rings. The lowest BCUT2D eigenvalue weighted by atomic mass is 9.78. The smallest absolute Gasteiger partial charge is 0.140 e. The molecule has 19 heavy (non-hydrogen) atoms. The Morgan fingerprint density at radius 3 is 2.74 bits per heavy atom. The topological polar surface area (TPSA) is 61.9 Å². The summed E-state index contributed by atoms with van der Waals surface area (Å²) >= 11 is 0. The van der Waals surface area contributed by atoms with Crippen LogP contribution in [0.25, 0.3) is 5.57 Å². The lowest BCUT2D eigenvalue weighted by molar-refractivity contribution is 0.415. The van der Waals surface area contributed by atoms with Crippen molar-refractivity contribution in [3.8, 4) is 0 Å². The van der Waals surface area contributed by atoms with Crippen LogP contribution in [0, 0.1) is 10.8 Å². The molecule has 4 N–H and O–H groups in total. The summed E-state index contributed by atoms with van der Waals surface area (Å²) in [5.74, 6) is 5.60. The summed E-state index contributed by atoms with van der Waals surface area (Å²) in [6.45, 7) is 4.48. The zero-order valence-electron chi connectivity index (χ0n) is 11.5. The number of rotatable bonds is 3. The zero-order chi connectivity index (χ0) is 13.9. The Hall–Kier alpha value is -1.87.